The topological polar surface area (TPSA) is 67.4 Å². The molecule has 0 unspecified atom stereocenters. The van der Waals surface area contributed by atoms with Gasteiger partial charge >= 0.3 is 0 Å². The number of aromatic nitrogens is 4. The number of hydrogen-bond donors (Lipinski definition) is 0. The van der Waals surface area contributed by atoms with Crippen LogP contribution >= 0.6 is 11.8 Å². The Labute approximate surface area is 139 Å². The summed E-state index contributed by atoms with van der Waals surface area (Å²) in [6.45, 7) is 3.95. The molecule has 114 valence electrons. The molecular weight excluding hydrogens is 306 g/mol. The molecule has 0 fully saturated rings. The van der Waals surface area contributed by atoms with Gasteiger partial charge in [-0.2, -0.15) is 10.4 Å². The molecular formula is C17H15N5S. The van der Waals surface area contributed by atoms with Crippen LogP contribution in [0.5, 0.6) is 0 Å². The summed E-state index contributed by atoms with van der Waals surface area (Å²) in [5, 5.41) is 22.6. The van der Waals surface area contributed by atoms with Crippen LogP contribution < -0.4 is 0 Å². The zero-order valence-corrected chi connectivity index (χ0v) is 13.7. The lowest BCUT2D eigenvalue weighted by Gasteiger charge is -2.04. The first-order valence-corrected chi connectivity index (χ1v) is 8.13. The van der Waals surface area contributed by atoms with Crippen molar-refractivity contribution < 1.29 is 0 Å². The molecule has 23 heavy (non-hydrogen) atoms. The monoisotopic (exact) mass is 321 g/mol. The second-order valence-electron chi connectivity index (χ2n) is 5.17. The lowest BCUT2D eigenvalue weighted by molar-refractivity contribution is 0.765. The second-order valence-corrected chi connectivity index (χ2v) is 6.16. The molecule has 0 N–H and O–H groups in total. The fourth-order valence-corrected chi connectivity index (χ4v) is 2.97. The maximum Gasteiger partial charge on any atom is 0.175 e. The van der Waals surface area contributed by atoms with Crippen molar-refractivity contribution in [3.63, 3.8) is 0 Å². The number of aryl methyl sites for hydroxylation is 2. The maximum absolute atomic E-state index is 8.80. The Balaban J connectivity index is 1.67. The van der Waals surface area contributed by atoms with Crippen LogP contribution in [-0.4, -0.2) is 20.0 Å². The van der Waals surface area contributed by atoms with Crippen LogP contribution in [0.2, 0.25) is 0 Å². The summed E-state index contributed by atoms with van der Waals surface area (Å²) in [7, 11) is 0. The Morgan fingerprint density at radius 3 is 2.43 bits per heavy atom. The molecule has 3 aromatic rings. The molecule has 0 aliphatic heterocycles. The molecule has 0 aliphatic rings. The zero-order chi connectivity index (χ0) is 16.2. The summed E-state index contributed by atoms with van der Waals surface area (Å²) in [5.74, 6) is 1.51. The molecule has 0 radical (unpaired) electrons. The highest BCUT2D eigenvalue weighted by Gasteiger charge is 2.06. The normalized spacial score (nSPS) is 10.5. The van der Waals surface area contributed by atoms with Gasteiger partial charge in [0.15, 0.2) is 5.82 Å². The summed E-state index contributed by atoms with van der Waals surface area (Å²) >= 11 is 1.61. The fraction of sp³-hybridized carbons (Fsp3) is 0.176. The van der Waals surface area contributed by atoms with E-state index in [9.17, 15) is 0 Å². The Hall–Kier alpha value is -2.65. The average Bonchev–Trinajstić information content (AvgIpc) is 2.92. The van der Waals surface area contributed by atoms with Crippen LogP contribution in [0.15, 0.2) is 47.5 Å². The molecule has 0 saturated heterocycles. The van der Waals surface area contributed by atoms with Gasteiger partial charge in [0.05, 0.1) is 17.3 Å². The third-order valence-electron chi connectivity index (χ3n) is 3.32. The molecule has 2 heterocycles. The van der Waals surface area contributed by atoms with E-state index in [1.165, 1.54) is 0 Å². The average molecular weight is 321 g/mol. The van der Waals surface area contributed by atoms with Crippen molar-refractivity contribution in [3.05, 3.63) is 65.0 Å². The third kappa shape index (κ3) is 3.58. The SMILES string of the molecule is Cc1cc(C)n(-c2ccc(SCc3ccc(C#N)cc3)nn2)n1. The Kier molecular flexibility index (Phi) is 4.40. The predicted octanol–water partition coefficient (Wildman–Crippen LogP) is 3.44. The number of benzene rings is 1. The van der Waals surface area contributed by atoms with Crippen LogP contribution in [0.3, 0.4) is 0 Å². The van der Waals surface area contributed by atoms with Crippen LogP contribution in [0.4, 0.5) is 0 Å². The van der Waals surface area contributed by atoms with Gasteiger partial charge in [0.2, 0.25) is 0 Å². The van der Waals surface area contributed by atoms with Crippen molar-refractivity contribution in [2.24, 2.45) is 0 Å². The maximum atomic E-state index is 8.80. The van der Waals surface area contributed by atoms with Gasteiger partial charge in [0.1, 0.15) is 5.03 Å². The fourth-order valence-electron chi connectivity index (χ4n) is 2.20. The largest absolute Gasteiger partial charge is 0.218 e. The van der Waals surface area contributed by atoms with Crippen LogP contribution in [-0.2, 0) is 5.75 Å². The van der Waals surface area contributed by atoms with Gasteiger partial charge < -0.3 is 0 Å². The molecule has 0 aliphatic carbocycles. The molecule has 0 spiro atoms. The molecule has 6 heteroatoms. The predicted molar refractivity (Wildman–Crippen MR) is 89.3 cm³/mol. The van der Waals surface area contributed by atoms with Gasteiger partial charge in [0, 0.05) is 11.4 Å². The van der Waals surface area contributed by atoms with Crippen LogP contribution in [0.1, 0.15) is 22.5 Å². The first kappa shape index (κ1) is 15.3. The van der Waals surface area contributed by atoms with Gasteiger partial charge in [-0.1, -0.05) is 23.9 Å². The molecule has 5 nitrogen and oxygen atoms in total. The van der Waals surface area contributed by atoms with E-state index in [4.69, 9.17) is 5.26 Å². The molecule has 0 amide bonds. The smallest absolute Gasteiger partial charge is 0.175 e. The van der Waals surface area contributed by atoms with Gasteiger partial charge in [-0.15, -0.1) is 10.2 Å². The van der Waals surface area contributed by atoms with Crippen LogP contribution in [0.25, 0.3) is 5.82 Å². The van der Waals surface area contributed by atoms with Crippen molar-refractivity contribution in [3.8, 4) is 11.9 Å². The van der Waals surface area contributed by atoms with Gasteiger partial charge in [-0.3, -0.25) is 0 Å². The summed E-state index contributed by atoms with van der Waals surface area (Å²) in [4.78, 5) is 0. The van der Waals surface area contributed by atoms with E-state index in [0.717, 1.165) is 33.5 Å². The van der Waals surface area contributed by atoms with Crippen molar-refractivity contribution >= 4 is 11.8 Å². The lowest BCUT2D eigenvalue weighted by atomic mass is 10.2. The van der Waals surface area contributed by atoms with E-state index in [0.29, 0.717) is 5.56 Å². The zero-order valence-electron chi connectivity index (χ0n) is 12.9. The molecule has 1 aromatic carbocycles. The van der Waals surface area contributed by atoms with E-state index in [1.54, 1.807) is 16.4 Å². The van der Waals surface area contributed by atoms with Crippen LogP contribution in [0, 0.1) is 25.2 Å². The standard InChI is InChI=1S/C17H15N5S/c1-12-9-13(2)22(21-12)16-7-8-17(20-19-16)23-11-15-5-3-14(10-18)4-6-15/h3-9H,11H2,1-2H3. The number of thioether (sulfide) groups is 1. The number of nitriles is 1. The second kappa shape index (κ2) is 6.63. The molecule has 3 rings (SSSR count). The molecule has 0 bridgehead atoms. The van der Waals surface area contributed by atoms with Gasteiger partial charge in [0.25, 0.3) is 0 Å². The summed E-state index contributed by atoms with van der Waals surface area (Å²) in [6.07, 6.45) is 0. The minimum absolute atomic E-state index is 0.674. The summed E-state index contributed by atoms with van der Waals surface area (Å²) in [6, 6.07) is 15.6. The Bertz CT molecular complexity index is 844. The van der Waals surface area contributed by atoms with E-state index >= 15 is 0 Å². The van der Waals surface area contributed by atoms with Crippen molar-refractivity contribution in [1.29, 1.82) is 5.26 Å². The highest BCUT2D eigenvalue weighted by atomic mass is 32.2. The van der Waals surface area contributed by atoms with Crippen molar-refractivity contribution in [2.45, 2.75) is 24.6 Å². The lowest BCUT2D eigenvalue weighted by Crippen LogP contribution is -2.03. The summed E-state index contributed by atoms with van der Waals surface area (Å²) < 4.78 is 1.79. The Morgan fingerprint density at radius 2 is 1.87 bits per heavy atom. The molecule has 0 atom stereocenters. The number of rotatable bonds is 4. The minimum Gasteiger partial charge on any atom is -0.218 e. The minimum atomic E-state index is 0.674. The first-order valence-electron chi connectivity index (χ1n) is 7.15. The summed E-state index contributed by atoms with van der Waals surface area (Å²) in [5.41, 5.74) is 3.82. The highest BCUT2D eigenvalue weighted by Crippen LogP contribution is 2.21. The quantitative estimate of drug-likeness (QED) is 0.689. The molecule has 2 aromatic heterocycles. The number of hydrogen-bond acceptors (Lipinski definition) is 5. The van der Waals surface area contributed by atoms with Crippen molar-refractivity contribution in [1.82, 2.24) is 20.0 Å². The first-order chi connectivity index (χ1) is 11.2. The van der Waals surface area contributed by atoms with E-state index in [2.05, 4.69) is 21.4 Å². The third-order valence-corrected chi connectivity index (χ3v) is 4.31. The highest BCUT2D eigenvalue weighted by molar-refractivity contribution is 7.98. The van der Waals surface area contributed by atoms with Gasteiger partial charge in [-0.25, -0.2) is 4.68 Å². The van der Waals surface area contributed by atoms with Gasteiger partial charge in [-0.05, 0) is 49.7 Å². The Morgan fingerprint density at radius 1 is 1.09 bits per heavy atom. The van der Waals surface area contributed by atoms with E-state index < -0.39 is 0 Å². The van der Waals surface area contributed by atoms with Crippen molar-refractivity contribution in [2.75, 3.05) is 0 Å². The van der Waals surface area contributed by atoms with E-state index in [-0.39, 0.29) is 0 Å². The molecule has 0 saturated carbocycles. The number of nitrogens with zero attached hydrogens (tertiary/aromatic N) is 5. The van der Waals surface area contributed by atoms with E-state index in [1.807, 2.05) is 56.3 Å².